The van der Waals surface area contributed by atoms with Crippen molar-refractivity contribution in [1.82, 2.24) is 0 Å². The second-order valence-corrected chi connectivity index (χ2v) is 4.84. The van der Waals surface area contributed by atoms with Crippen molar-refractivity contribution in [3.05, 3.63) is 59.7 Å². The molecular weight excluding hydrogens is 354 g/mol. The molecule has 0 aliphatic carbocycles. The minimum atomic E-state index is -5.70. The summed E-state index contributed by atoms with van der Waals surface area (Å²) >= 11 is 0. The van der Waals surface area contributed by atoms with E-state index in [-0.39, 0.29) is 0 Å². The van der Waals surface area contributed by atoms with E-state index in [2.05, 4.69) is 11.7 Å². The number of nitrogens with two attached hydrogens (primary N) is 2. The van der Waals surface area contributed by atoms with Crippen LogP contribution >= 0.6 is 0 Å². The van der Waals surface area contributed by atoms with E-state index in [1.807, 2.05) is 0 Å². The quantitative estimate of drug-likeness (QED) is 0.372. The van der Waals surface area contributed by atoms with Crippen LogP contribution in [0.25, 0.3) is 0 Å². The lowest BCUT2D eigenvalue weighted by atomic mass is 9.73. The Morgan fingerprint density at radius 2 is 0.800 bits per heavy atom. The fourth-order valence-corrected chi connectivity index (χ4v) is 2.40. The zero-order valence-corrected chi connectivity index (χ0v) is 12.4. The highest BCUT2D eigenvalue weighted by Crippen LogP contribution is 2.56. The summed E-state index contributed by atoms with van der Waals surface area (Å²) in [5, 5.41) is 18.3. The molecule has 6 N–H and O–H groups in total. The van der Waals surface area contributed by atoms with Crippen molar-refractivity contribution in [2.45, 2.75) is 17.8 Å². The zero-order chi connectivity index (χ0) is 19.5. The molecule has 10 heteroatoms. The summed E-state index contributed by atoms with van der Waals surface area (Å²) in [4.78, 5) is 0. The van der Waals surface area contributed by atoms with Crippen LogP contribution in [0.3, 0.4) is 0 Å². The molecule has 0 atom stereocenters. The second-order valence-electron chi connectivity index (χ2n) is 4.84. The molecule has 138 valence electrons. The molecule has 0 radical (unpaired) electrons. The van der Waals surface area contributed by atoms with E-state index in [0.717, 1.165) is 24.3 Å². The molecule has 0 heterocycles. The van der Waals surface area contributed by atoms with Crippen LogP contribution in [0.5, 0.6) is 11.5 Å². The number of phenols is 2. The third-order valence-corrected chi connectivity index (χ3v) is 3.45. The molecule has 0 aromatic heterocycles. The largest absolute Gasteiger partial charge is 0.508 e. The van der Waals surface area contributed by atoms with Gasteiger partial charge >= 0.3 is 12.4 Å². The van der Waals surface area contributed by atoms with Gasteiger partial charge in [-0.25, -0.2) is 0 Å². The number of hydrazine groups is 1. The van der Waals surface area contributed by atoms with Gasteiger partial charge in [-0.15, -0.1) is 0 Å². The Labute approximate surface area is 138 Å². The molecule has 0 spiro atoms. The molecule has 0 fully saturated rings. The topological polar surface area (TPSA) is 92.5 Å². The number of benzene rings is 2. The molecule has 2 rings (SSSR count). The maximum absolute atomic E-state index is 13.6. The van der Waals surface area contributed by atoms with Crippen LogP contribution in [-0.2, 0) is 5.41 Å². The summed E-state index contributed by atoms with van der Waals surface area (Å²) in [5.74, 6) is 7.08. The predicted molar refractivity (Wildman–Crippen MR) is 77.5 cm³/mol. The monoisotopic (exact) mass is 368 g/mol. The van der Waals surface area contributed by atoms with Crippen LogP contribution in [-0.4, -0.2) is 22.6 Å². The van der Waals surface area contributed by atoms with E-state index in [9.17, 15) is 26.3 Å². The van der Waals surface area contributed by atoms with Crippen molar-refractivity contribution in [1.29, 1.82) is 0 Å². The van der Waals surface area contributed by atoms with E-state index < -0.39 is 40.4 Å². The first-order chi connectivity index (χ1) is 11.5. The highest BCUT2D eigenvalue weighted by Gasteiger charge is 2.72. The SMILES string of the molecule is NN.Oc1ccc(C(c2ccc(O)cc2)(C(F)(F)F)C(F)(F)F)cc1. The van der Waals surface area contributed by atoms with Crippen molar-refractivity contribution >= 4 is 0 Å². The summed E-state index contributed by atoms with van der Waals surface area (Å²) in [5.41, 5.74) is -6.44. The lowest BCUT2D eigenvalue weighted by Crippen LogP contribution is -2.54. The first-order valence-corrected chi connectivity index (χ1v) is 6.56. The molecule has 25 heavy (non-hydrogen) atoms. The molecule has 0 saturated heterocycles. The highest BCUT2D eigenvalue weighted by atomic mass is 19.4. The minimum Gasteiger partial charge on any atom is -0.508 e. The maximum atomic E-state index is 13.6. The van der Waals surface area contributed by atoms with Gasteiger partial charge in [0.25, 0.3) is 0 Å². The predicted octanol–water partition coefficient (Wildman–Crippen LogP) is 3.33. The highest BCUT2D eigenvalue weighted by molar-refractivity contribution is 5.46. The van der Waals surface area contributed by atoms with Crippen LogP contribution in [0.4, 0.5) is 26.3 Å². The molecule has 2 aromatic rings. The van der Waals surface area contributed by atoms with Crippen molar-refractivity contribution in [3.8, 4) is 11.5 Å². The molecule has 0 amide bonds. The molecule has 0 unspecified atom stereocenters. The van der Waals surface area contributed by atoms with E-state index in [4.69, 9.17) is 10.2 Å². The number of aromatic hydroxyl groups is 2. The maximum Gasteiger partial charge on any atom is 0.411 e. The molecule has 0 saturated carbocycles. The Morgan fingerprint density at radius 3 is 1.00 bits per heavy atom. The first-order valence-electron chi connectivity index (χ1n) is 6.56. The molecule has 4 nitrogen and oxygen atoms in total. The van der Waals surface area contributed by atoms with Crippen molar-refractivity contribution in [3.63, 3.8) is 0 Å². The molecule has 0 aliphatic heterocycles. The van der Waals surface area contributed by atoms with Gasteiger partial charge in [0, 0.05) is 0 Å². The Hall–Kier alpha value is -2.46. The van der Waals surface area contributed by atoms with Crippen LogP contribution in [0.15, 0.2) is 48.5 Å². The summed E-state index contributed by atoms with van der Waals surface area (Å²) < 4.78 is 81.6. The molecule has 0 aliphatic rings. The molecular formula is C15H14F6N2O2. The van der Waals surface area contributed by atoms with Gasteiger partial charge in [-0.2, -0.15) is 26.3 Å². The smallest absolute Gasteiger partial charge is 0.411 e. The number of hydrogen-bond acceptors (Lipinski definition) is 4. The number of halogens is 6. The third-order valence-electron chi connectivity index (χ3n) is 3.45. The average Bonchev–Trinajstić information content (AvgIpc) is 2.51. The van der Waals surface area contributed by atoms with Gasteiger partial charge in [0.2, 0.25) is 5.41 Å². The van der Waals surface area contributed by atoms with Crippen molar-refractivity contribution in [2.24, 2.45) is 11.7 Å². The van der Waals surface area contributed by atoms with Gasteiger partial charge in [0.05, 0.1) is 0 Å². The lowest BCUT2D eigenvalue weighted by Gasteiger charge is -2.38. The fourth-order valence-electron chi connectivity index (χ4n) is 2.40. The van der Waals surface area contributed by atoms with Gasteiger partial charge in [-0.05, 0) is 35.4 Å². The van der Waals surface area contributed by atoms with E-state index in [1.165, 1.54) is 0 Å². The van der Waals surface area contributed by atoms with Gasteiger partial charge in [-0.3, -0.25) is 11.7 Å². The first kappa shape index (κ1) is 20.6. The Balaban J connectivity index is 0.00000151. The standard InChI is InChI=1S/C15H10F6O2.H4N2/c16-14(17,18)13(15(19,20)21,9-1-5-11(22)6-2-9)10-3-7-12(23)8-4-10;1-2/h1-8,22-23H;1-2H2. The molecule has 0 bridgehead atoms. The van der Waals surface area contributed by atoms with Crippen LogP contribution in [0, 0.1) is 0 Å². The minimum absolute atomic E-state index is 0.460. The summed E-state index contributed by atoms with van der Waals surface area (Å²) in [7, 11) is 0. The Kier molecular flexibility index (Phi) is 5.92. The van der Waals surface area contributed by atoms with Crippen molar-refractivity contribution in [2.75, 3.05) is 0 Å². The summed E-state index contributed by atoms with van der Waals surface area (Å²) in [6.45, 7) is 0. The Bertz CT molecular complexity index is 620. The normalized spacial score (nSPS) is 12.3. The zero-order valence-electron chi connectivity index (χ0n) is 12.4. The van der Waals surface area contributed by atoms with E-state index >= 15 is 0 Å². The number of alkyl halides is 6. The van der Waals surface area contributed by atoms with Gasteiger partial charge in [0.15, 0.2) is 0 Å². The number of phenolic OH excluding ortho intramolecular Hbond substituents is 2. The van der Waals surface area contributed by atoms with E-state index in [1.54, 1.807) is 0 Å². The number of hydrogen-bond donors (Lipinski definition) is 4. The second kappa shape index (κ2) is 7.19. The van der Waals surface area contributed by atoms with Gasteiger partial charge < -0.3 is 10.2 Å². The van der Waals surface area contributed by atoms with Gasteiger partial charge in [0.1, 0.15) is 11.5 Å². The van der Waals surface area contributed by atoms with Crippen LogP contribution in [0.1, 0.15) is 11.1 Å². The summed E-state index contributed by atoms with van der Waals surface area (Å²) in [6.07, 6.45) is -11.4. The van der Waals surface area contributed by atoms with Crippen LogP contribution in [0.2, 0.25) is 0 Å². The third kappa shape index (κ3) is 3.64. The van der Waals surface area contributed by atoms with E-state index in [0.29, 0.717) is 24.3 Å². The van der Waals surface area contributed by atoms with Gasteiger partial charge in [-0.1, -0.05) is 24.3 Å². The van der Waals surface area contributed by atoms with Crippen LogP contribution < -0.4 is 11.7 Å². The average molecular weight is 368 g/mol. The van der Waals surface area contributed by atoms with Crippen molar-refractivity contribution < 1.29 is 36.6 Å². The fraction of sp³-hybridized carbons (Fsp3) is 0.200. The lowest BCUT2D eigenvalue weighted by molar-refractivity contribution is -0.288. The number of rotatable bonds is 2. The Morgan fingerprint density at radius 1 is 0.560 bits per heavy atom. The summed E-state index contributed by atoms with van der Waals surface area (Å²) in [6, 6.07) is 5.30. The molecule has 2 aromatic carbocycles.